The maximum absolute atomic E-state index is 12.2. The topological polar surface area (TPSA) is 104 Å². The van der Waals surface area contributed by atoms with Gasteiger partial charge in [-0.3, -0.25) is 9.59 Å². The number of hydrogen-bond donors (Lipinski definition) is 3. The summed E-state index contributed by atoms with van der Waals surface area (Å²) in [6.07, 6.45) is 4.06. The van der Waals surface area contributed by atoms with E-state index in [-0.39, 0.29) is 35.0 Å². The Hall–Kier alpha value is -2.23. The molecule has 2 aromatic rings. The van der Waals surface area contributed by atoms with Crippen molar-refractivity contribution in [2.24, 2.45) is 5.92 Å². The van der Waals surface area contributed by atoms with Gasteiger partial charge < -0.3 is 10.6 Å². The van der Waals surface area contributed by atoms with Crippen LogP contribution >= 0.6 is 11.3 Å². The van der Waals surface area contributed by atoms with Gasteiger partial charge in [-0.2, -0.15) is 0 Å². The Morgan fingerprint density at radius 2 is 1.72 bits per heavy atom. The predicted molar refractivity (Wildman–Crippen MR) is 114 cm³/mol. The minimum absolute atomic E-state index is 0.0351. The van der Waals surface area contributed by atoms with Gasteiger partial charge in [0, 0.05) is 35.1 Å². The van der Waals surface area contributed by atoms with Crippen molar-refractivity contribution >= 4 is 38.9 Å². The molecule has 0 aliphatic heterocycles. The van der Waals surface area contributed by atoms with Gasteiger partial charge in [0.05, 0.1) is 0 Å². The summed E-state index contributed by atoms with van der Waals surface area (Å²) in [5, 5.41) is 5.57. The fraction of sp³-hybridized carbons (Fsp3) is 0.400. The number of carbonyl (C=O) groups excluding carboxylic acids is 2. The third-order valence-corrected chi connectivity index (χ3v) is 7.78. The van der Waals surface area contributed by atoms with Crippen LogP contribution in [0.1, 0.15) is 40.9 Å². The Kier molecular flexibility index (Phi) is 7.05. The zero-order valence-corrected chi connectivity index (χ0v) is 17.9. The van der Waals surface area contributed by atoms with Gasteiger partial charge in [-0.15, -0.1) is 11.3 Å². The SMILES string of the molecule is Cc1ccc(S(=O)(=O)NCCNC(=O)c2ccc(NC(=O)C3CCCC3)cc2)s1. The quantitative estimate of drug-likeness (QED) is 0.555. The van der Waals surface area contributed by atoms with E-state index in [1.165, 1.54) is 11.3 Å². The monoisotopic (exact) mass is 435 g/mol. The number of sulfonamides is 1. The van der Waals surface area contributed by atoms with E-state index in [1.807, 2.05) is 6.92 Å². The van der Waals surface area contributed by atoms with E-state index in [1.54, 1.807) is 36.4 Å². The van der Waals surface area contributed by atoms with Crippen molar-refractivity contribution in [2.45, 2.75) is 36.8 Å². The Morgan fingerprint density at radius 1 is 1.03 bits per heavy atom. The van der Waals surface area contributed by atoms with E-state index in [9.17, 15) is 18.0 Å². The fourth-order valence-corrected chi connectivity index (χ4v) is 5.59. The molecule has 0 spiro atoms. The summed E-state index contributed by atoms with van der Waals surface area (Å²) in [7, 11) is -3.55. The number of amides is 2. The summed E-state index contributed by atoms with van der Waals surface area (Å²) in [4.78, 5) is 25.3. The van der Waals surface area contributed by atoms with Crippen molar-refractivity contribution in [3.8, 4) is 0 Å². The van der Waals surface area contributed by atoms with E-state index in [4.69, 9.17) is 0 Å². The molecule has 9 heteroatoms. The van der Waals surface area contributed by atoms with Crippen LogP contribution in [0.4, 0.5) is 5.69 Å². The van der Waals surface area contributed by atoms with E-state index in [2.05, 4.69) is 15.4 Å². The standard InChI is InChI=1S/C20H25N3O4S2/c1-14-6-11-18(28-14)29(26,27)22-13-12-21-19(24)16-7-9-17(10-8-16)23-20(25)15-4-2-3-5-15/h6-11,15,22H,2-5,12-13H2,1H3,(H,21,24)(H,23,25). The Morgan fingerprint density at radius 3 is 2.34 bits per heavy atom. The molecule has 1 aromatic heterocycles. The summed E-state index contributed by atoms with van der Waals surface area (Å²) in [6, 6.07) is 9.98. The third-order valence-electron chi connectivity index (χ3n) is 4.82. The van der Waals surface area contributed by atoms with Crippen molar-refractivity contribution in [1.82, 2.24) is 10.0 Å². The highest BCUT2D eigenvalue weighted by Crippen LogP contribution is 2.26. The molecule has 0 radical (unpaired) electrons. The summed E-state index contributed by atoms with van der Waals surface area (Å²) in [6.45, 7) is 2.11. The average molecular weight is 436 g/mol. The van der Waals surface area contributed by atoms with Gasteiger partial charge in [0.2, 0.25) is 15.9 Å². The molecule has 3 N–H and O–H groups in total. The Balaban J connectivity index is 1.44. The minimum Gasteiger partial charge on any atom is -0.351 e. The minimum atomic E-state index is -3.55. The number of hydrogen-bond acceptors (Lipinski definition) is 5. The molecule has 156 valence electrons. The molecular formula is C20H25N3O4S2. The molecule has 29 heavy (non-hydrogen) atoms. The zero-order valence-electron chi connectivity index (χ0n) is 16.2. The van der Waals surface area contributed by atoms with E-state index < -0.39 is 10.0 Å². The van der Waals surface area contributed by atoms with Crippen molar-refractivity contribution in [1.29, 1.82) is 0 Å². The number of aryl methyl sites for hydroxylation is 1. The van der Waals surface area contributed by atoms with Crippen molar-refractivity contribution in [2.75, 3.05) is 18.4 Å². The van der Waals surface area contributed by atoms with E-state index >= 15 is 0 Å². The van der Waals surface area contributed by atoms with Gasteiger partial charge in [-0.05, 0) is 56.2 Å². The first-order chi connectivity index (χ1) is 13.8. The van der Waals surface area contributed by atoms with Crippen LogP contribution in [0.5, 0.6) is 0 Å². The molecule has 7 nitrogen and oxygen atoms in total. The van der Waals surface area contributed by atoms with Crippen LogP contribution < -0.4 is 15.4 Å². The molecule has 0 saturated heterocycles. The van der Waals surface area contributed by atoms with Gasteiger partial charge >= 0.3 is 0 Å². The lowest BCUT2D eigenvalue weighted by Gasteiger charge is -2.11. The number of rotatable bonds is 8. The van der Waals surface area contributed by atoms with Crippen molar-refractivity contribution in [3.05, 3.63) is 46.8 Å². The number of anilines is 1. The lowest BCUT2D eigenvalue weighted by molar-refractivity contribution is -0.119. The first-order valence-corrected chi connectivity index (χ1v) is 11.9. The van der Waals surface area contributed by atoms with Gasteiger partial charge in [-0.1, -0.05) is 12.8 Å². The highest BCUT2D eigenvalue weighted by Gasteiger charge is 2.22. The van der Waals surface area contributed by atoms with Gasteiger partial charge in [0.25, 0.3) is 5.91 Å². The largest absolute Gasteiger partial charge is 0.351 e. The second-order valence-corrected chi connectivity index (χ2v) is 10.3. The van der Waals surface area contributed by atoms with Crippen LogP contribution in [0.2, 0.25) is 0 Å². The second-order valence-electron chi connectivity index (χ2n) is 7.07. The third kappa shape index (κ3) is 5.88. The summed E-state index contributed by atoms with van der Waals surface area (Å²) in [5.41, 5.74) is 1.11. The molecule has 0 bridgehead atoms. The van der Waals surface area contributed by atoms with Crippen molar-refractivity contribution < 1.29 is 18.0 Å². The molecule has 1 aliphatic rings. The second kappa shape index (κ2) is 9.51. The lowest BCUT2D eigenvalue weighted by atomic mass is 10.1. The van der Waals surface area contributed by atoms with Gasteiger partial charge in [-0.25, -0.2) is 13.1 Å². The molecule has 1 saturated carbocycles. The maximum Gasteiger partial charge on any atom is 0.251 e. The number of thiophene rings is 1. The molecule has 3 rings (SSSR count). The van der Waals surface area contributed by atoms with Crippen LogP contribution in [0.3, 0.4) is 0 Å². The van der Waals surface area contributed by atoms with Crippen LogP contribution in [0.25, 0.3) is 0 Å². The van der Waals surface area contributed by atoms with Crippen LogP contribution in [-0.4, -0.2) is 33.3 Å². The van der Waals surface area contributed by atoms with Crippen LogP contribution in [0.15, 0.2) is 40.6 Å². The Labute approximate surface area is 175 Å². The predicted octanol–water partition coefficient (Wildman–Crippen LogP) is 2.89. The molecule has 2 amide bonds. The first kappa shape index (κ1) is 21.5. The van der Waals surface area contributed by atoms with E-state index in [0.717, 1.165) is 30.6 Å². The van der Waals surface area contributed by atoms with E-state index in [0.29, 0.717) is 11.3 Å². The molecule has 1 aliphatic carbocycles. The fourth-order valence-electron chi connectivity index (χ4n) is 3.23. The zero-order chi connectivity index (χ0) is 20.9. The van der Waals surface area contributed by atoms with Gasteiger partial charge in [0.1, 0.15) is 4.21 Å². The first-order valence-electron chi connectivity index (χ1n) is 9.60. The number of nitrogens with one attached hydrogen (secondary N) is 3. The molecular weight excluding hydrogens is 410 g/mol. The molecule has 0 atom stereocenters. The van der Waals surface area contributed by atoms with Crippen LogP contribution in [-0.2, 0) is 14.8 Å². The molecule has 0 unspecified atom stereocenters. The maximum atomic E-state index is 12.2. The summed E-state index contributed by atoms with van der Waals surface area (Å²) in [5.74, 6) is -0.183. The normalized spacial score (nSPS) is 14.7. The molecule has 1 aromatic carbocycles. The molecule has 1 fully saturated rings. The number of benzene rings is 1. The lowest BCUT2D eigenvalue weighted by Crippen LogP contribution is -2.34. The molecule has 1 heterocycles. The van der Waals surface area contributed by atoms with Crippen LogP contribution in [0, 0.1) is 12.8 Å². The number of carbonyl (C=O) groups is 2. The summed E-state index contributed by atoms with van der Waals surface area (Å²) < 4.78 is 27.0. The average Bonchev–Trinajstić information content (AvgIpc) is 3.38. The highest BCUT2D eigenvalue weighted by molar-refractivity contribution is 7.91. The van der Waals surface area contributed by atoms with Gasteiger partial charge in [0.15, 0.2) is 0 Å². The summed E-state index contributed by atoms with van der Waals surface area (Å²) >= 11 is 1.20. The van der Waals surface area contributed by atoms with Crippen molar-refractivity contribution in [3.63, 3.8) is 0 Å². The smallest absolute Gasteiger partial charge is 0.251 e. The Bertz CT molecular complexity index is 962. The highest BCUT2D eigenvalue weighted by atomic mass is 32.2.